The highest BCUT2D eigenvalue weighted by Gasteiger charge is 2.52. The molecule has 1 aromatic carbocycles. The Balaban J connectivity index is 1.43. The van der Waals surface area contributed by atoms with Crippen molar-refractivity contribution in [3.05, 3.63) is 35.6 Å². The maximum atomic E-state index is 13.2. The third-order valence-corrected chi connectivity index (χ3v) is 6.17. The number of carbonyl (C=O) groups excluding carboxylic acids is 1. The Morgan fingerprint density at radius 2 is 1.79 bits per heavy atom. The molecule has 4 rings (SSSR count). The van der Waals surface area contributed by atoms with Crippen molar-refractivity contribution in [3.8, 4) is 0 Å². The molecule has 1 aliphatic heterocycles. The van der Waals surface area contributed by atoms with E-state index in [1.54, 1.807) is 12.1 Å². The van der Waals surface area contributed by atoms with E-state index in [2.05, 4.69) is 5.32 Å². The molecule has 24 heavy (non-hydrogen) atoms. The van der Waals surface area contributed by atoms with Gasteiger partial charge in [-0.25, -0.2) is 4.39 Å². The van der Waals surface area contributed by atoms with E-state index in [9.17, 15) is 9.18 Å². The fourth-order valence-corrected chi connectivity index (χ4v) is 4.56. The highest BCUT2D eigenvalue weighted by molar-refractivity contribution is 5.91. The van der Waals surface area contributed by atoms with E-state index in [0.717, 1.165) is 50.7 Å². The van der Waals surface area contributed by atoms with Crippen LogP contribution in [0.2, 0.25) is 0 Å². The molecule has 2 saturated carbocycles. The summed E-state index contributed by atoms with van der Waals surface area (Å²) < 4.78 is 19.3. The Labute approximate surface area is 143 Å². The van der Waals surface area contributed by atoms with Crippen molar-refractivity contribution in [3.63, 3.8) is 0 Å². The molecule has 0 unspecified atom stereocenters. The first kappa shape index (κ1) is 16.1. The lowest BCUT2D eigenvalue weighted by Gasteiger charge is -2.44. The topological polar surface area (TPSA) is 38.3 Å². The van der Waals surface area contributed by atoms with Crippen LogP contribution in [-0.4, -0.2) is 24.2 Å². The third kappa shape index (κ3) is 2.97. The summed E-state index contributed by atoms with van der Waals surface area (Å²) in [4.78, 5) is 12.9. The van der Waals surface area contributed by atoms with Crippen LogP contribution >= 0.6 is 0 Å². The highest BCUT2D eigenvalue weighted by Crippen LogP contribution is 2.49. The van der Waals surface area contributed by atoms with Crippen LogP contribution in [0, 0.1) is 5.82 Å². The lowest BCUT2D eigenvalue weighted by atomic mass is 9.78. The van der Waals surface area contributed by atoms with Crippen LogP contribution in [0.15, 0.2) is 24.3 Å². The van der Waals surface area contributed by atoms with Gasteiger partial charge in [-0.3, -0.25) is 4.79 Å². The SMILES string of the molecule is O=C(N[C@H]1CCOC2(CCCCC2)C1)C1(c2ccc(F)cc2)CC1. The average Bonchev–Trinajstić information content (AvgIpc) is 3.38. The van der Waals surface area contributed by atoms with Gasteiger partial charge in [-0.15, -0.1) is 0 Å². The Kier molecular flexibility index (Phi) is 4.11. The van der Waals surface area contributed by atoms with Crippen molar-refractivity contribution in [2.45, 2.75) is 74.8 Å². The molecule has 2 aliphatic carbocycles. The molecule has 1 N–H and O–H groups in total. The number of carbonyl (C=O) groups is 1. The van der Waals surface area contributed by atoms with E-state index >= 15 is 0 Å². The molecule has 3 fully saturated rings. The molecule has 3 aliphatic rings. The van der Waals surface area contributed by atoms with E-state index in [1.165, 1.54) is 31.4 Å². The Bertz CT molecular complexity index is 597. The fraction of sp³-hybridized carbons (Fsp3) is 0.650. The van der Waals surface area contributed by atoms with Crippen molar-refractivity contribution in [1.29, 1.82) is 0 Å². The van der Waals surface area contributed by atoms with Crippen LogP contribution in [0.4, 0.5) is 4.39 Å². The first-order valence-electron chi connectivity index (χ1n) is 9.33. The summed E-state index contributed by atoms with van der Waals surface area (Å²) >= 11 is 0. The smallest absolute Gasteiger partial charge is 0.230 e. The van der Waals surface area contributed by atoms with Crippen molar-refractivity contribution in [1.82, 2.24) is 5.32 Å². The molecule has 4 heteroatoms. The third-order valence-electron chi connectivity index (χ3n) is 6.17. The van der Waals surface area contributed by atoms with E-state index in [0.29, 0.717) is 0 Å². The number of hydrogen-bond donors (Lipinski definition) is 1. The molecule has 1 atom stereocenters. The van der Waals surface area contributed by atoms with Gasteiger partial charge in [0, 0.05) is 12.6 Å². The average molecular weight is 331 g/mol. The molecule has 0 aromatic heterocycles. The van der Waals surface area contributed by atoms with Gasteiger partial charge >= 0.3 is 0 Å². The van der Waals surface area contributed by atoms with Crippen molar-refractivity contribution >= 4 is 5.91 Å². The van der Waals surface area contributed by atoms with Gasteiger partial charge < -0.3 is 10.1 Å². The summed E-state index contributed by atoms with van der Waals surface area (Å²) in [7, 11) is 0. The standard InChI is InChI=1S/C20H26FNO2/c21-16-6-4-15(5-7-16)20(11-12-20)18(23)22-17-8-13-24-19(14-17)9-2-1-3-10-19/h4-7,17H,1-3,8-14H2,(H,22,23)/t17-/m0/s1. The summed E-state index contributed by atoms with van der Waals surface area (Å²) in [6.45, 7) is 0.745. The van der Waals surface area contributed by atoms with Crippen LogP contribution in [0.3, 0.4) is 0 Å². The zero-order valence-electron chi connectivity index (χ0n) is 14.2. The molecular formula is C20H26FNO2. The van der Waals surface area contributed by atoms with Crippen LogP contribution in [-0.2, 0) is 14.9 Å². The van der Waals surface area contributed by atoms with Gasteiger partial charge in [-0.1, -0.05) is 31.4 Å². The van der Waals surface area contributed by atoms with Gasteiger partial charge in [0.1, 0.15) is 5.82 Å². The summed E-state index contributed by atoms with van der Waals surface area (Å²) in [5, 5.41) is 3.29. The normalized spacial score (nSPS) is 27.6. The molecule has 1 saturated heterocycles. The molecule has 0 bridgehead atoms. The maximum Gasteiger partial charge on any atom is 0.230 e. The number of halogens is 1. The molecule has 1 spiro atoms. The van der Waals surface area contributed by atoms with Crippen molar-refractivity contribution < 1.29 is 13.9 Å². The van der Waals surface area contributed by atoms with Crippen molar-refractivity contribution in [2.75, 3.05) is 6.61 Å². The second-order valence-electron chi connectivity index (χ2n) is 7.84. The largest absolute Gasteiger partial charge is 0.375 e. The molecule has 1 amide bonds. The second-order valence-corrected chi connectivity index (χ2v) is 7.84. The Hall–Kier alpha value is -1.42. The second kappa shape index (κ2) is 6.14. The van der Waals surface area contributed by atoms with Gasteiger partial charge in [0.25, 0.3) is 0 Å². The molecule has 0 radical (unpaired) electrons. The summed E-state index contributed by atoms with van der Waals surface area (Å²) in [5.74, 6) is -0.134. The fourth-order valence-electron chi connectivity index (χ4n) is 4.56. The monoisotopic (exact) mass is 331 g/mol. The number of hydrogen-bond acceptors (Lipinski definition) is 2. The van der Waals surface area contributed by atoms with E-state index in [-0.39, 0.29) is 23.4 Å². The summed E-state index contributed by atoms with van der Waals surface area (Å²) in [6.07, 6.45) is 9.59. The lowest BCUT2D eigenvalue weighted by molar-refractivity contribution is -0.130. The number of amides is 1. The van der Waals surface area contributed by atoms with E-state index in [4.69, 9.17) is 4.74 Å². The molecule has 3 nitrogen and oxygen atoms in total. The predicted molar refractivity (Wildman–Crippen MR) is 90.2 cm³/mol. The quantitative estimate of drug-likeness (QED) is 0.913. The minimum atomic E-state index is -0.425. The number of nitrogens with one attached hydrogen (secondary N) is 1. The van der Waals surface area contributed by atoms with Gasteiger partial charge in [0.15, 0.2) is 0 Å². The predicted octanol–water partition coefficient (Wildman–Crippen LogP) is 3.86. The van der Waals surface area contributed by atoms with Crippen LogP contribution in [0.1, 0.15) is 63.4 Å². The minimum absolute atomic E-state index is 0.00103. The first-order valence-corrected chi connectivity index (χ1v) is 9.33. The van der Waals surface area contributed by atoms with Crippen LogP contribution in [0.25, 0.3) is 0 Å². The Morgan fingerprint density at radius 3 is 2.46 bits per heavy atom. The van der Waals surface area contributed by atoms with Gasteiger partial charge in [-0.05, 0) is 56.2 Å². The van der Waals surface area contributed by atoms with Crippen molar-refractivity contribution in [2.24, 2.45) is 0 Å². The molecule has 130 valence electrons. The van der Waals surface area contributed by atoms with Crippen LogP contribution in [0.5, 0.6) is 0 Å². The molecule has 1 heterocycles. The first-order chi connectivity index (χ1) is 11.6. The maximum absolute atomic E-state index is 13.2. The number of benzene rings is 1. The van der Waals surface area contributed by atoms with Gasteiger partial charge in [0.05, 0.1) is 11.0 Å². The zero-order valence-corrected chi connectivity index (χ0v) is 14.2. The van der Waals surface area contributed by atoms with E-state index in [1.807, 2.05) is 0 Å². The Morgan fingerprint density at radius 1 is 1.08 bits per heavy atom. The highest BCUT2D eigenvalue weighted by atomic mass is 19.1. The minimum Gasteiger partial charge on any atom is -0.375 e. The summed E-state index contributed by atoms with van der Waals surface area (Å²) in [6, 6.07) is 6.63. The van der Waals surface area contributed by atoms with Crippen LogP contribution < -0.4 is 5.32 Å². The van der Waals surface area contributed by atoms with E-state index < -0.39 is 5.41 Å². The number of ether oxygens (including phenoxy) is 1. The van der Waals surface area contributed by atoms with Gasteiger partial charge in [-0.2, -0.15) is 0 Å². The molecule has 1 aromatic rings. The molecular weight excluding hydrogens is 305 g/mol. The number of rotatable bonds is 3. The summed E-state index contributed by atoms with van der Waals surface area (Å²) in [5.41, 5.74) is 0.521. The van der Waals surface area contributed by atoms with Gasteiger partial charge in [0.2, 0.25) is 5.91 Å². The zero-order chi connectivity index (χ0) is 16.6. The lowest BCUT2D eigenvalue weighted by Crippen LogP contribution is -2.51.